The highest BCUT2D eigenvalue weighted by atomic mass is 15.2. The van der Waals surface area contributed by atoms with E-state index in [0.717, 1.165) is 32.7 Å². The maximum atomic E-state index is 3.49. The molecule has 1 fully saturated rings. The molecular weight excluding hydrogens is 234 g/mol. The molecule has 1 heterocycles. The average molecular weight is 261 g/mol. The van der Waals surface area contributed by atoms with Crippen LogP contribution in [0.1, 0.15) is 28.3 Å². The number of aryl methyl sites for hydroxylation is 1. The molecule has 0 amide bonds. The SMILES string of the molecule is CNC(CN1CCNCC1)c1ccc(C)c(C)c1C. The minimum absolute atomic E-state index is 0.428. The molecule has 1 saturated heterocycles. The Labute approximate surface area is 117 Å². The first-order valence-corrected chi connectivity index (χ1v) is 7.30. The number of rotatable bonds is 4. The van der Waals surface area contributed by atoms with Crippen molar-refractivity contribution in [3.8, 4) is 0 Å². The van der Waals surface area contributed by atoms with Gasteiger partial charge in [0.1, 0.15) is 0 Å². The number of likely N-dealkylation sites (N-methyl/N-ethyl adjacent to an activating group) is 1. The van der Waals surface area contributed by atoms with Crippen molar-refractivity contribution in [2.45, 2.75) is 26.8 Å². The van der Waals surface area contributed by atoms with Gasteiger partial charge in [-0.1, -0.05) is 12.1 Å². The zero-order chi connectivity index (χ0) is 13.8. The highest BCUT2D eigenvalue weighted by Gasteiger charge is 2.18. The van der Waals surface area contributed by atoms with Crippen molar-refractivity contribution in [1.82, 2.24) is 15.5 Å². The molecule has 0 aliphatic carbocycles. The van der Waals surface area contributed by atoms with E-state index in [0.29, 0.717) is 6.04 Å². The van der Waals surface area contributed by atoms with Crippen LogP contribution in [0, 0.1) is 20.8 Å². The lowest BCUT2D eigenvalue weighted by Gasteiger charge is -2.31. The van der Waals surface area contributed by atoms with Crippen molar-refractivity contribution in [2.24, 2.45) is 0 Å². The Morgan fingerprint density at radius 1 is 1.16 bits per heavy atom. The summed E-state index contributed by atoms with van der Waals surface area (Å²) >= 11 is 0. The number of piperazine rings is 1. The van der Waals surface area contributed by atoms with Gasteiger partial charge in [0.25, 0.3) is 0 Å². The zero-order valence-corrected chi connectivity index (χ0v) is 12.7. The Hall–Kier alpha value is -0.900. The standard InChI is InChI=1S/C16H27N3/c1-12-5-6-15(14(3)13(12)2)16(17-4)11-19-9-7-18-8-10-19/h5-6,16-18H,7-11H2,1-4H3. The molecule has 0 spiro atoms. The fourth-order valence-corrected chi connectivity index (χ4v) is 2.85. The molecule has 0 radical (unpaired) electrons. The first-order chi connectivity index (χ1) is 9.13. The molecule has 1 aliphatic heterocycles. The van der Waals surface area contributed by atoms with Crippen molar-refractivity contribution < 1.29 is 0 Å². The molecule has 1 aliphatic rings. The summed E-state index contributed by atoms with van der Waals surface area (Å²) < 4.78 is 0. The normalized spacial score (nSPS) is 18.5. The Morgan fingerprint density at radius 2 is 1.84 bits per heavy atom. The number of hydrogen-bond donors (Lipinski definition) is 2. The van der Waals surface area contributed by atoms with E-state index < -0.39 is 0 Å². The molecule has 2 N–H and O–H groups in total. The number of benzene rings is 1. The van der Waals surface area contributed by atoms with Crippen LogP contribution in [-0.2, 0) is 0 Å². The second kappa shape index (κ2) is 6.51. The molecule has 19 heavy (non-hydrogen) atoms. The van der Waals surface area contributed by atoms with Gasteiger partial charge < -0.3 is 10.6 Å². The minimum Gasteiger partial charge on any atom is -0.314 e. The van der Waals surface area contributed by atoms with E-state index in [1.54, 1.807) is 0 Å². The van der Waals surface area contributed by atoms with Crippen LogP contribution < -0.4 is 10.6 Å². The lowest BCUT2D eigenvalue weighted by molar-refractivity contribution is 0.219. The third-order valence-electron chi connectivity index (χ3n) is 4.47. The van der Waals surface area contributed by atoms with Gasteiger partial charge in [0.2, 0.25) is 0 Å². The fourth-order valence-electron chi connectivity index (χ4n) is 2.85. The van der Waals surface area contributed by atoms with Crippen LogP contribution in [0.3, 0.4) is 0 Å². The molecule has 106 valence electrons. The largest absolute Gasteiger partial charge is 0.314 e. The summed E-state index contributed by atoms with van der Waals surface area (Å²) in [5.41, 5.74) is 5.70. The highest BCUT2D eigenvalue weighted by molar-refractivity contribution is 5.40. The predicted molar refractivity (Wildman–Crippen MR) is 81.8 cm³/mol. The lowest BCUT2D eigenvalue weighted by Crippen LogP contribution is -2.46. The van der Waals surface area contributed by atoms with Crippen molar-refractivity contribution in [1.29, 1.82) is 0 Å². The molecule has 3 heteroatoms. The molecule has 1 unspecified atom stereocenters. The molecule has 0 saturated carbocycles. The van der Waals surface area contributed by atoms with Crippen molar-refractivity contribution >= 4 is 0 Å². The summed E-state index contributed by atoms with van der Waals surface area (Å²) in [6.45, 7) is 12.3. The summed E-state index contributed by atoms with van der Waals surface area (Å²) in [5.74, 6) is 0. The van der Waals surface area contributed by atoms with E-state index >= 15 is 0 Å². The fraction of sp³-hybridized carbons (Fsp3) is 0.625. The third kappa shape index (κ3) is 3.35. The Bertz CT molecular complexity index is 422. The smallest absolute Gasteiger partial charge is 0.0449 e. The van der Waals surface area contributed by atoms with Crippen LogP contribution in [0.2, 0.25) is 0 Å². The minimum atomic E-state index is 0.428. The zero-order valence-electron chi connectivity index (χ0n) is 12.7. The van der Waals surface area contributed by atoms with E-state index in [9.17, 15) is 0 Å². The van der Waals surface area contributed by atoms with Crippen LogP contribution in [0.5, 0.6) is 0 Å². The van der Waals surface area contributed by atoms with Gasteiger partial charge in [-0.25, -0.2) is 0 Å². The lowest BCUT2D eigenvalue weighted by atomic mass is 9.94. The molecule has 1 aromatic rings. The van der Waals surface area contributed by atoms with Gasteiger partial charge in [-0.2, -0.15) is 0 Å². The quantitative estimate of drug-likeness (QED) is 0.865. The molecule has 0 bridgehead atoms. The van der Waals surface area contributed by atoms with Gasteiger partial charge in [-0.15, -0.1) is 0 Å². The molecule has 1 aromatic carbocycles. The van der Waals surface area contributed by atoms with Crippen molar-refractivity contribution in [2.75, 3.05) is 39.8 Å². The third-order valence-corrected chi connectivity index (χ3v) is 4.47. The highest BCUT2D eigenvalue weighted by Crippen LogP contribution is 2.23. The van der Waals surface area contributed by atoms with Crippen LogP contribution in [0.15, 0.2) is 12.1 Å². The number of nitrogens with one attached hydrogen (secondary N) is 2. The monoisotopic (exact) mass is 261 g/mol. The van der Waals surface area contributed by atoms with Crippen molar-refractivity contribution in [3.63, 3.8) is 0 Å². The maximum Gasteiger partial charge on any atom is 0.0449 e. The Morgan fingerprint density at radius 3 is 2.47 bits per heavy atom. The molecule has 0 aromatic heterocycles. The molecule has 2 rings (SSSR count). The Kier molecular flexibility index (Phi) is 4.97. The second-order valence-electron chi connectivity index (χ2n) is 5.61. The summed E-state index contributed by atoms with van der Waals surface area (Å²) in [6.07, 6.45) is 0. The van der Waals surface area contributed by atoms with E-state index in [4.69, 9.17) is 0 Å². The van der Waals surface area contributed by atoms with E-state index in [1.807, 2.05) is 0 Å². The topological polar surface area (TPSA) is 27.3 Å². The number of hydrogen-bond acceptors (Lipinski definition) is 3. The van der Waals surface area contributed by atoms with Crippen LogP contribution in [-0.4, -0.2) is 44.7 Å². The summed E-state index contributed by atoms with van der Waals surface area (Å²) in [5, 5.41) is 6.90. The van der Waals surface area contributed by atoms with E-state index in [1.165, 1.54) is 22.3 Å². The van der Waals surface area contributed by atoms with Gasteiger partial charge in [0.15, 0.2) is 0 Å². The maximum absolute atomic E-state index is 3.49. The summed E-state index contributed by atoms with van der Waals surface area (Å²) in [7, 11) is 2.07. The van der Waals surface area contributed by atoms with Crippen LogP contribution in [0.25, 0.3) is 0 Å². The molecular formula is C16H27N3. The molecule has 3 nitrogen and oxygen atoms in total. The van der Waals surface area contributed by atoms with E-state index in [-0.39, 0.29) is 0 Å². The Balaban J connectivity index is 2.14. The first kappa shape index (κ1) is 14.5. The van der Waals surface area contributed by atoms with Gasteiger partial charge in [0.05, 0.1) is 0 Å². The van der Waals surface area contributed by atoms with Crippen LogP contribution in [0.4, 0.5) is 0 Å². The van der Waals surface area contributed by atoms with Gasteiger partial charge >= 0.3 is 0 Å². The first-order valence-electron chi connectivity index (χ1n) is 7.30. The summed E-state index contributed by atoms with van der Waals surface area (Å²) in [4.78, 5) is 2.55. The second-order valence-corrected chi connectivity index (χ2v) is 5.61. The average Bonchev–Trinajstić information content (AvgIpc) is 2.44. The predicted octanol–water partition coefficient (Wildman–Crippen LogP) is 1.78. The van der Waals surface area contributed by atoms with Gasteiger partial charge in [0, 0.05) is 38.8 Å². The van der Waals surface area contributed by atoms with Crippen LogP contribution >= 0.6 is 0 Å². The summed E-state index contributed by atoms with van der Waals surface area (Å²) in [6, 6.07) is 4.97. The van der Waals surface area contributed by atoms with Gasteiger partial charge in [-0.3, -0.25) is 4.90 Å². The van der Waals surface area contributed by atoms with Crippen molar-refractivity contribution in [3.05, 3.63) is 34.4 Å². The molecule has 1 atom stereocenters. The van der Waals surface area contributed by atoms with E-state index in [2.05, 4.69) is 55.5 Å². The van der Waals surface area contributed by atoms with Gasteiger partial charge in [-0.05, 0) is 50.1 Å². The number of nitrogens with zero attached hydrogens (tertiary/aromatic N) is 1.